The van der Waals surface area contributed by atoms with Gasteiger partial charge in [0.05, 0.1) is 0 Å². The van der Waals surface area contributed by atoms with Gasteiger partial charge in [0.25, 0.3) is 0 Å². The molecule has 0 radical (unpaired) electrons. The van der Waals surface area contributed by atoms with Crippen LogP contribution in [0.25, 0.3) is 0 Å². The van der Waals surface area contributed by atoms with Crippen LogP contribution in [-0.2, 0) is 6.54 Å². The van der Waals surface area contributed by atoms with E-state index in [1.165, 1.54) is 0 Å². The number of ether oxygens (including phenoxy) is 1. The van der Waals surface area contributed by atoms with Crippen molar-refractivity contribution in [3.8, 4) is 5.75 Å². The lowest BCUT2D eigenvalue weighted by molar-refractivity contribution is -0.0507. The number of benzene rings is 1. The van der Waals surface area contributed by atoms with E-state index in [4.69, 9.17) is 5.73 Å². The highest BCUT2D eigenvalue weighted by Crippen LogP contribution is 2.23. The van der Waals surface area contributed by atoms with Crippen molar-refractivity contribution in [2.24, 2.45) is 5.73 Å². The third-order valence-corrected chi connectivity index (χ3v) is 2.89. The maximum Gasteiger partial charge on any atom is 0.387 e. The van der Waals surface area contributed by atoms with Crippen LogP contribution in [-0.4, -0.2) is 30.6 Å². The number of rotatable bonds is 4. The Bertz CT molecular complexity index is 373. The molecule has 17 heavy (non-hydrogen) atoms. The topological polar surface area (TPSA) is 38.5 Å². The summed E-state index contributed by atoms with van der Waals surface area (Å²) in [5.74, 6) is 0.253. The molecule has 1 heterocycles. The molecule has 0 spiro atoms. The Labute approximate surface area is 99.2 Å². The number of hydrogen-bond donors (Lipinski definition) is 1. The zero-order chi connectivity index (χ0) is 12.3. The van der Waals surface area contributed by atoms with Gasteiger partial charge in [0.1, 0.15) is 5.75 Å². The summed E-state index contributed by atoms with van der Waals surface area (Å²) in [6.07, 6.45) is 0.956. The van der Waals surface area contributed by atoms with Gasteiger partial charge in [-0.2, -0.15) is 8.78 Å². The standard InChI is InChI=1S/C12H16F2N2O/c13-12(14)17-11-4-2-1-3-9(11)7-16-6-5-10(15)8-16/h1-4,10,12H,5-8,15H2/t10-/m0/s1. The van der Waals surface area contributed by atoms with Gasteiger partial charge in [-0.1, -0.05) is 18.2 Å². The average Bonchev–Trinajstić information content (AvgIpc) is 2.66. The molecule has 2 N–H and O–H groups in total. The molecular weight excluding hydrogens is 226 g/mol. The van der Waals surface area contributed by atoms with Crippen LogP contribution in [0.1, 0.15) is 12.0 Å². The number of alkyl halides is 2. The molecule has 1 aliphatic rings. The molecule has 2 rings (SSSR count). The van der Waals surface area contributed by atoms with Crippen LogP contribution in [0.2, 0.25) is 0 Å². The Kier molecular flexibility index (Phi) is 3.91. The van der Waals surface area contributed by atoms with Crippen molar-refractivity contribution in [1.29, 1.82) is 0 Å². The van der Waals surface area contributed by atoms with E-state index in [0.717, 1.165) is 25.1 Å². The minimum Gasteiger partial charge on any atom is -0.434 e. The van der Waals surface area contributed by atoms with Gasteiger partial charge in [0, 0.05) is 31.2 Å². The molecule has 1 atom stereocenters. The lowest BCUT2D eigenvalue weighted by atomic mass is 10.2. The number of nitrogens with two attached hydrogens (primary N) is 1. The smallest absolute Gasteiger partial charge is 0.387 e. The summed E-state index contributed by atoms with van der Waals surface area (Å²) in [5, 5.41) is 0. The fourth-order valence-electron chi connectivity index (χ4n) is 2.09. The molecule has 1 aromatic carbocycles. The first-order valence-electron chi connectivity index (χ1n) is 5.66. The van der Waals surface area contributed by atoms with E-state index in [2.05, 4.69) is 9.64 Å². The molecule has 0 aromatic heterocycles. The van der Waals surface area contributed by atoms with E-state index in [9.17, 15) is 8.78 Å². The van der Waals surface area contributed by atoms with Gasteiger partial charge in [-0.05, 0) is 12.5 Å². The first-order valence-corrected chi connectivity index (χ1v) is 5.66. The van der Waals surface area contributed by atoms with Crippen molar-refractivity contribution in [3.05, 3.63) is 29.8 Å². The Morgan fingerprint density at radius 3 is 2.82 bits per heavy atom. The summed E-state index contributed by atoms with van der Waals surface area (Å²) < 4.78 is 28.9. The number of halogens is 2. The van der Waals surface area contributed by atoms with Crippen LogP contribution < -0.4 is 10.5 Å². The van der Waals surface area contributed by atoms with Crippen molar-refractivity contribution in [2.45, 2.75) is 25.6 Å². The van der Waals surface area contributed by atoms with Crippen molar-refractivity contribution in [1.82, 2.24) is 4.90 Å². The van der Waals surface area contributed by atoms with E-state index in [1.807, 2.05) is 12.1 Å². The van der Waals surface area contributed by atoms with E-state index >= 15 is 0 Å². The average molecular weight is 242 g/mol. The number of likely N-dealkylation sites (tertiary alicyclic amines) is 1. The minimum atomic E-state index is -2.78. The van der Waals surface area contributed by atoms with E-state index in [1.54, 1.807) is 12.1 Å². The van der Waals surface area contributed by atoms with Gasteiger partial charge in [-0.15, -0.1) is 0 Å². The van der Waals surface area contributed by atoms with Crippen LogP contribution in [0.3, 0.4) is 0 Å². The summed E-state index contributed by atoms with van der Waals surface area (Å²) in [7, 11) is 0. The molecule has 0 unspecified atom stereocenters. The Balaban J connectivity index is 2.04. The molecule has 0 aliphatic carbocycles. The van der Waals surface area contributed by atoms with E-state index in [0.29, 0.717) is 6.54 Å². The lowest BCUT2D eigenvalue weighted by Gasteiger charge is -2.17. The van der Waals surface area contributed by atoms with E-state index in [-0.39, 0.29) is 11.8 Å². The highest BCUT2D eigenvalue weighted by atomic mass is 19.3. The predicted octanol–water partition coefficient (Wildman–Crippen LogP) is 1.82. The maximum absolute atomic E-state index is 12.2. The molecule has 0 saturated carbocycles. The highest BCUT2D eigenvalue weighted by Gasteiger charge is 2.20. The Morgan fingerprint density at radius 2 is 2.18 bits per heavy atom. The number of para-hydroxylation sites is 1. The van der Waals surface area contributed by atoms with Gasteiger partial charge in [0.2, 0.25) is 0 Å². The fraction of sp³-hybridized carbons (Fsp3) is 0.500. The molecule has 0 amide bonds. The second kappa shape index (κ2) is 5.42. The van der Waals surface area contributed by atoms with Crippen molar-refractivity contribution < 1.29 is 13.5 Å². The molecule has 1 saturated heterocycles. The molecular formula is C12H16F2N2O. The van der Waals surface area contributed by atoms with Crippen molar-refractivity contribution in [2.75, 3.05) is 13.1 Å². The zero-order valence-electron chi connectivity index (χ0n) is 9.48. The predicted molar refractivity (Wildman–Crippen MR) is 60.9 cm³/mol. The highest BCUT2D eigenvalue weighted by molar-refractivity contribution is 5.33. The van der Waals surface area contributed by atoms with Gasteiger partial charge >= 0.3 is 6.61 Å². The molecule has 94 valence electrons. The molecule has 3 nitrogen and oxygen atoms in total. The van der Waals surface area contributed by atoms with Gasteiger partial charge in [-0.3, -0.25) is 4.90 Å². The second-order valence-corrected chi connectivity index (χ2v) is 4.27. The zero-order valence-corrected chi connectivity index (χ0v) is 9.48. The maximum atomic E-state index is 12.2. The molecule has 1 aromatic rings. The van der Waals surface area contributed by atoms with Crippen LogP contribution in [0, 0.1) is 0 Å². The Hall–Kier alpha value is -1.20. The van der Waals surface area contributed by atoms with Gasteiger partial charge in [-0.25, -0.2) is 0 Å². The summed E-state index contributed by atoms with van der Waals surface area (Å²) in [6, 6.07) is 7.08. The lowest BCUT2D eigenvalue weighted by Crippen LogP contribution is -2.26. The molecule has 1 aliphatic heterocycles. The van der Waals surface area contributed by atoms with Gasteiger partial charge in [0.15, 0.2) is 0 Å². The quantitative estimate of drug-likeness (QED) is 0.875. The normalized spacial score (nSPS) is 21.1. The first-order chi connectivity index (χ1) is 8.15. The van der Waals surface area contributed by atoms with Crippen LogP contribution in [0.5, 0.6) is 5.75 Å². The number of nitrogens with zero attached hydrogens (tertiary/aromatic N) is 1. The van der Waals surface area contributed by atoms with E-state index < -0.39 is 6.61 Å². The molecule has 0 bridgehead atoms. The fourth-order valence-corrected chi connectivity index (χ4v) is 2.09. The van der Waals surface area contributed by atoms with Crippen molar-refractivity contribution >= 4 is 0 Å². The van der Waals surface area contributed by atoms with Gasteiger partial charge < -0.3 is 10.5 Å². The number of hydrogen-bond acceptors (Lipinski definition) is 3. The summed E-state index contributed by atoms with van der Waals surface area (Å²) in [4.78, 5) is 2.15. The largest absolute Gasteiger partial charge is 0.434 e. The van der Waals surface area contributed by atoms with Crippen LogP contribution in [0.4, 0.5) is 8.78 Å². The molecule has 1 fully saturated rings. The third-order valence-electron chi connectivity index (χ3n) is 2.89. The van der Waals surface area contributed by atoms with Crippen molar-refractivity contribution in [3.63, 3.8) is 0 Å². The SMILES string of the molecule is N[C@H]1CCN(Cc2ccccc2OC(F)F)C1. The summed E-state index contributed by atoms with van der Waals surface area (Å²) in [5.41, 5.74) is 6.58. The van der Waals surface area contributed by atoms with Crippen LogP contribution >= 0.6 is 0 Å². The second-order valence-electron chi connectivity index (χ2n) is 4.27. The first kappa shape index (κ1) is 12.3. The minimum absolute atomic E-state index is 0.193. The molecule has 5 heteroatoms. The summed E-state index contributed by atoms with van der Waals surface area (Å²) in [6.45, 7) is -0.457. The van der Waals surface area contributed by atoms with Crippen LogP contribution in [0.15, 0.2) is 24.3 Å². The summed E-state index contributed by atoms with van der Waals surface area (Å²) >= 11 is 0. The Morgan fingerprint density at radius 1 is 1.41 bits per heavy atom. The monoisotopic (exact) mass is 242 g/mol. The third kappa shape index (κ3) is 3.38.